The second-order valence-electron chi connectivity index (χ2n) is 9.07. The lowest BCUT2D eigenvalue weighted by Crippen LogP contribution is -2.54. The van der Waals surface area contributed by atoms with E-state index in [1.165, 1.54) is 18.2 Å². The Kier molecular flexibility index (Phi) is 8.20. The van der Waals surface area contributed by atoms with Gasteiger partial charge in [-0.2, -0.15) is 0 Å². The summed E-state index contributed by atoms with van der Waals surface area (Å²) in [6, 6.07) is 12.4. The summed E-state index contributed by atoms with van der Waals surface area (Å²) in [5.41, 5.74) is 1.63. The summed E-state index contributed by atoms with van der Waals surface area (Å²) in [4.78, 5) is 40.3. The second-order valence-corrected chi connectivity index (χ2v) is 9.07. The third-order valence-electron chi connectivity index (χ3n) is 5.97. The van der Waals surface area contributed by atoms with E-state index >= 15 is 0 Å². The average molecular weight is 454 g/mol. The van der Waals surface area contributed by atoms with E-state index in [9.17, 15) is 18.8 Å². The average Bonchev–Trinajstić information content (AvgIpc) is 2.81. The lowest BCUT2D eigenvalue weighted by Gasteiger charge is -2.36. The Bertz CT molecular complexity index is 983. The summed E-state index contributed by atoms with van der Waals surface area (Å²) in [6.45, 7) is 7.40. The Labute approximate surface area is 194 Å². The zero-order valence-corrected chi connectivity index (χ0v) is 19.4. The highest BCUT2D eigenvalue weighted by Gasteiger charge is 2.34. The number of aryl methyl sites for hydroxylation is 1. The number of hydrogen-bond donors (Lipinski definition) is 2. The van der Waals surface area contributed by atoms with Crippen LogP contribution >= 0.6 is 0 Å². The monoisotopic (exact) mass is 453 g/mol. The van der Waals surface area contributed by atoms with Crippen LogP contribution < -0.4 is 10.6 Å². The minimum atomic E-state index is -0.799. The van der Waals surface area contributed by atoms with Crippen molar-refractivity contribution in [2.45, 2.75) is 39.7 Å². The van der Waals surface area contributed by atoms with Crippen molar-refractivity contribution < 1.29 is 18.8 Å². The maximum Gasteiger partial charge on any atom is 0.254 e. The molecule has 0 spiro atoms. The first-order valence-electron chi connectivity index (χ1n) is 11.4. The van der Waals surface area contributed by atoms with Crippen LogP contribution in [0.2, 0.25) is 0 Å². The normalized spacial score (nSPS) is 15.2. The van der Waals surface area contributed by atoms with Crippen molar-refractivity contribution in [1.82, 2.24) is 15.5 Å². The zero-order valence-electron chi connectivity index (χ0n) is 19.4. The number of likely N-dealkylation sites (tertiary alicyclic amines) is 1. The lowest BCUT2D eigenvalue weighted by molar-refractivity contribution is -0.124. The number of rotatable bonds is 7. The predicted octanol–water partition coefficient (Wildman–Crippen LogP) is 3.56. The predicted molar refractivity (Wildman–Crippen MR) is 125 cm³/mol. The van der Waals surface area contributed by atoms with E-state index in [2.05, 4.69) is 10.6 Å². The fraction of sp³-hybridized carbons (Fsp3) is 0.423. The first-order chi connectivity index (χ1) is 15.8. The third kappa shape index (κ3) is 6.40. The highest BCUT2D eigenvalue weighted by Crippen LogP contribution is 2.23. The van der Waals surface area contributed by atoms with Crippen molar-refractivity contribution >= 4 is 17.7 Å². The Hall–Kier alpha value is -3.22. The quantitative estimate of drug-likeness (QED) is 0.673. The molecule has 1 aliphatic rings. The van der Waals surface area contributed by atoms with E-state index in [4.69, 9.17) is 0 Å². The Morgan fingerprint density at radius 2 is 1.67 bits per heavy atom. The van der Waals surface area contributed by atoms with Gasteiger partial charge in [-0.25, -0.2) is 4.39 Å². The molecule has 0 saturated carbocycles. The molecule has 2 aromatic carbocycles. The van der Waals surface area contributed by atoms with Crippen molar-refractivity contribution in [3.05, 3.63) is 71.0 Å². The van der Waals surface area contributed by atoms with Crippen LogP contribution in [0, 0.1) is 24.6 Å². The molecular formula is C26H32FN3O3. The zero-order chi connectivity index (χ0) is 24.0. The van der Waals surface area contributed by atoms with Crippen molar-refractivity contribution in [3.8, 4) is 0 Å². The Balaban J connectivity index is 1.69. The maximum absolute atomic E-state index is 14.1. The number of halogens is 1. The van der Waals surface area contributed by atoms with Gasteiger partial charge in [0, 0.05) is 25.2 Å². The van der Waals surface area contributed by atoms with Gasteiger partial charge in [0.25, 0.3) is 11.8 Å². The van der Waals surface area contributed by atoms with E-state index in [1.54, 1.807) is 11.0 Å². The molecule has 1 heterocycles. The van der Waals surface area contributed by atoms with Crippen LogP contribution in [0.15, 0.2) is 48.5 Å². The maximum atomic E-state index is 14.1. The molecule has 0 radical (unpaired) electrons. The molecule has 0 aliphatic carbocycles. The van der Waals surface area contributed by atoms with Gasteiger partial charge in [0.1, 0.15) is 11.9 Å². The summed E-state index contributed by atoms with van der Waals surface area (Å²) in [6.07, 6.45) is 1.13. The molecule has 6 nitrogen and oxygen atoms in total. The molecule has 33 heavy (non-hydrogen) atoms. The molecule has 3 amide bonds. The van der Waals surface area contributed by atoms with Crippen LogP contribution in [-0.2, 0) is 4.79 Å². The van der Waals surface area contributed by atoms with Gasteiger partial charge in [-0.15, -0.1) is 0 Å². The first-order valence-corrected chi connectivity index (χ1v) is 11.4. The van der Waals surface area contributed by atoms with Gasteiger partial charge in [-0.3, -0.25) is 14.4 Å². The van der Waals surface area contributed by atoms with Crippen molar-refractivity contribution in [2.75, 3.05) is 19.6 Å². The molecule has 2 aromatic rings. The number of piperidine rings is 1. The number of carbonyl (C=O) groups excluding carboxylic acids is 3. The second kappa shape index (κ2) is 11.1. The molecule has 0 unspecified atom stereocenters. The molecule has 1 aliphatic heterocycles. The van der Waals surface area contributed by atoms with Gasteiger partial charge in [0.2, 0.25) is 5.91 Å². The number of hydrogen-bond acceptors (Lipinski definition) is 3. The fourth-order valence-corrected chi connectivity index (χ4v) is 3.99. The van der Waals surface area contributed by atoms with Gasteiger partial charge in [0.05, 0.1) is 5.56 Å². The van der Waals surface area contributed by atoms with E-state index < -0.39 is 17.8 Å². The molecule has 0 bridgehead atoms. The largest absolute Gasteiger partial charge is 0.354 e. The van der Waals surface area contributed by atoms with E-state index in [0.29, 0.717) is 38.0 Å². The molecule has 0 aromatic heterocycles. The Morgan fingerprint density at radius 3 is 2.27 bits per heavy atom. The number of carbonyl (C=O) groups is 3. The van der Waals surface area contributed by atoms with Crippen molar-refractivity contribution in [1.29, 1.82) is 0 Å². The van der Waals surface area contributed by atoms with Gasteiger partial charge >= 0.3 is 0 Å². The fourth-order valence-electron chi connectivity index (χ4n) is 3.99. The summed E-state index contributed by atoms with van der Waals surface area (Å²) < 4.78 is 14.1. The number of nitrogens with one attached hydrogen (secondary N) is 2. The van der Waals surface area contributed by atoms with Crippen LogP contribution in [-0.4, -0.2) is 48.3 Å². The van der Waals surface area contributed by atoms with E-state index in [1.807, 2.05) is 45.0 Å². The van der Waals surface area contributed by atoms with Crippen LogP contribution in [0.25, 0.3) is 0 Å². The number of benzene rings is 2. The van der Waals surface area contributed by atoms with Crippen LogP contribution in [0.5, 0.6) is 0 Å². The molecule has 2 N–H and O–H groups in total. The summed E-state index contributed by atoms with van der Waals surface area (Å²) in [7, 11) is 0. The van der Waals surface area contributed by atoms with Gasteiger partial charge in [-0.1, -0.05) is 43.7 Å². The summed E-state index contributed by atoms with van der Waals surface area (Å²) >= 11 is 0. The SMILES string of the molecule is Cc1ccc(C(=O)N2CCC([C@H](NC(=O)c3ccccc3F)C(=O)NCC(C)C)CC2)cc1. The standard InChI is InChI=1S/C26H32FN3O3/c1-17(2)16-28-25(32)23(29-24(31)21-6-4-5-7-22(21)27)19-12-14-30(15-13-19)26(33)20-10-8-18(3)9-11-20/h4-11,17,19,23H,12-16H2,1-3H3,(H,28,32)(H,29,31)/t23-/m0/s1. The summed E-state index contributed by atoms with van der Waals surface area (Å²) in [5, 5.41) is 5.64. The molecular weight excluding hydrogens is 421 g/mol. The molecule has 1 saturated heterocycles. The van der Waals surface area contributed by atoms with Gasteiger partial charge < -0.3 is 15.5 Å². The highest BCUT2D eigenvalue weighted by molar-refractivity contribution is 5.98. The summed E-state index contributed by atoms with van der Waals surface area (Å²) in [5.74, 6) is -1.46. The third-order valence-corrected chi connectivity index (χ3v) is 5.97. The first kappa shape index (κ1) is 24.4. The molecule has 176 valence electrons. The molecule has 7 heteroatoms. The smallest absolute Gasteiger partial charge is 0.254 e. The molecule has 1 atom stereocenters. The number of amides is 3. The van der Waals surface area contributed by atoms with E-state index in [0.717, 1.165) is 5.56 Å². The van der Waals surface area contributed by atoms with Crippen molar-refractivity contribution in [3.63, 3.8) is 0 Å². The van der Waals surface area contributed by atoms with Crippen LogP contribution in [0.3, 0.4) is 0 Å². The molecule has 3 rings (SSSR count). The molecule has 1 fully saturated rings. The minimum absolute atomic E-state index is 0.0374. The van der Waals surface area contributed by atoms with Gasteiger partial charge in [-0.05, 0) is 55.9 Å². The Morgan fingerprint density at radius 1 is 1.03 bits per heavy atom. The van der Waals surface area contributed by atoms with Crippen molar-refractivity contribution in [2.24, 2.45) is 11.8 Å². The lowest BCUT2D eigenvalue weighted by atomic mass is 9.88. The van der Waals surface area contributed by atoms with E-state index in [-0.39, 0.29) is 29.2 Å². The highest BCUT2D eigenvalue weighted by atomic mass is 19.1. The topological polar surface area (TPSA) is 78.5 Å². The number of nitrogens with zero attached hydrogens (tertiary/aromatic N) is 1. The van der Waals surface area contributed by atoms with Crippen LogP contribution in [0.4, 0.5) is 4.39 Å². The van der Waals surface area contributed by atoms with Crippen LogP contribution in [0.1, 0.15) is 53.0 Å². The van der Waals surface area contributed by atoms with Gasteiger partial charge in [0.15, 0.2) is 0 Å². The minimum Gasteiger partial charge on any atom is -0.354 e.